The largest absolute Gasteiger partial charge is 0.491 e. The Morgan fingerprint density at radius 1 is 1.23 bits per heavy atom. The van der Waals surface area contributed by atoms with Crippen molar-refractivity contribution >= 4 is 5.95 Å². The van der Waals surface area contributed by atoms with E-state index in [1.165, 1.54) is 29.1 Å². The molecule has 3 heterocycles. The van der Waals surface area contributed by atoms with Crippen LogP contribution >= 0.6 is 0 Å². The van der Waals surface area contributed by atoms with Crippen LogP contribution in [0.15, 0.2) is 47.7 Å². The Bertz CT molecular complexity index is 1120. The molecule has 8 nitrogen and oxygen atoms in total. The van der Waals surface area contributed by atoms with Crippen LogP contribution in [0.5, 0.6) is 5.75 Å². The molecular formula is C22H24FN5O3. The summed E-state index contributed by atoms with van der Waals surface area (Å²) in [4.78, 5) is 27.4. The third-order valence-electron chi connectivity index (χ3n) is 4.99. The predicted octanol–water partition coefficient (Wildman–Crippen LogP) is 2.74. The minimum absolute atomic E-state index is 0.104. The van der Waals surface area contributed by atoms with Gasteiger partial charge in [-0.15, -0.1) is 0 Å². The normalized spacial score (nSPS) is 16.5. The van der Waals surface area contributed by atoms with E-state index in [2.05, 4.69) is 9.97 Å². The lowest BCUT2D eigenvalue weighted by Crippen LogP contribution is -2.42. The molecule has 162 valence electrons. The molecule has 1 saturated heterocycles. The summed E-state index contributed by atoms with van der Waals surface area (Å²) in [5, 5.41) is 0. The first-order valence-electron chi connectivity index (χ1n) is 10.1. The number of halogens is 1. The Morgan fingerprint density at radius 3 is 2.81 bits per heavy atom. The summed E-state index contributed by atoms with van der Waals surface area (Å²) in [7, 11) is 1.68. The highest BCUT2D eigenvalue weighted by Crippen LogP contribution is 2.33. The number of benzene rings is 1. The van der Waals surface area contributed by atoms with E-state index in [9.17, 15) is 9.18 Å². The summed E-state index contributed by atoms with van der Waals surface area (Å²) in [5.74, 6) is 0.606. The molecular weight excluding hydrogens is 401 g/mol. The van der Waals surface area contributed by atoms with Crippen LogP contribution in [0.4, 0.5) is 10.3 Å². The van der Waals surface area contributed by atoms with Gasteiger partial charge in [-0.1, -0.05) is 0 Å². The van der Waals surface area contributed by atoms with Crippen molar-refractivity contribution in [1.29, 1.82) is 0 Å². The van der Waals surface area contributed by atoms with Crippen LogP contribution in [0.25, 0.3) is 11.4 Å². The van der Waals surface area contributed by atoms with Gasteiger partial charge in [-0.3, -0.25) is 9.36 Å². The molecule has 9 heteroatoms. The predicted molar refractivity (Wildman–Crippen MR) is 114 cm³/mol. The van der Waals surface area contributed by atoms with Gasteiger partial charge in [0.15, 0.2) is 0 Å². The minimum Gasteiger partial charge on any atom is -0.491 e. The van der Waals surface area contributed by atoms with Crippen LogP contribution in [0, 0.1) is 5.82 Å². The molecule has 3 aromatic rings. The topological polar surface area (TPSA) is 82.4 Å². The van der Waals surface area contributed by atoms with Crippen LogP contribution in [0.1, 0.15) is 25.5 Å². The third kappa shape index (κ3) is 4.56. The average Bonchev–Trinajstić information content (AvgIpc) is 2.76. The number of rotatable bonds is 5. The highest BCUT2D eigenvalue weighted by molar-refractivity contribution is 5.55. The van der Waals surface area contributed by atoms with Crippen molar-refractivity contribution in [1.82, 2.24) is 19.5 Å². The first-order valence-corrected chi connectivity index (χ1v) is 10.1. The van der Waals surface area contributed by atoms with Gasteiger partial charge < -0.3 is 14.4 Å². The van der Waals surface area contributed by atoms with E-state index in [0.717, 1.165) is 5.56 Å². The molecule has 0 N–H and O–H groups in total. The zero-order valence-electron chi connectivity index (χ0n) is 17.7. The van der Waals surface area contributed by atoms with Crippen molar-refractivity contribution in [2.24, 2.45) is 7.05 Å². The van der Waals surface area contributed by atoms with Crippen molar-refractivity contribution in [3.8, 4) is 17.1 Å². The van der Waals surface area contributed by atoms with Gasteiger partial charge >= 0.3 is 0 Å². The fraction of sp³-hybridized carbons (Fsp3) is 0.364. The summed E-state index contributed by atoms with van der Waals surface area (Å²) in [6.45, 7) is 5.21. The molecule has 1 aliphatic heterocycles. The molecule has 1 fully saturated rings. The number of hydrogen-bond acceptors (Lipinski definition) is 7. The van der Waals surface area contributed by atoms with Gasteiger partial charge in [-0.2, -0.15) is 0 Å². The van der Waals surface area contributed by atoms with Crippen molar-refractivity contribution in [3.63, 3.8) is 0 Å². The number of ether oxygens (including phenoxy) is 2. The summed E-state index contributed by atoms with van der Waals surface area (Å²) in [5.41, 5.74) is 1.63. The Hall–Kier alpha value is -3.33. The molecule has 1 atom stereocenters. The second-order valence-corrected chi connectivity index (χ2v) is 7.59. The maximum absolute atomic E-state index is 13.8. The molecule has 4 rings (SSSR count). The molecule has 31 heavy (non-hydrogen) atoms. The van der Waals surface area contributed by atoms with Crippen molar-refractivity contribution in [2.75, 3.05) is 24.6 Å². The average molecular weight is 425 g/mol. The fourth-order valence-electron chi connectivity index (χ4n) is 3.53. The van der Waals surface area contributed by atoms with Crippen molar-refractivity contribution in [3.05, 3.63) is 64.6 Å². The van der Waals surface area contributed by atoms with Gasteiger partial charge in [0.05, 0.1) is 30.6 Å². The van der Waals surface area contributed by atoms with E-state index in [1.807, 2.05) is 18.7 Å². The third-order valence-corrected chi connectivity index (χ3v) is 4.99. The van der Waals surface area contributed by atoms with Gasteiger partial charge in [0.1, 0.15) is 24.0 Å². The van der Waals surface area contributed by atoms with Crippen molar-refractivity contribution < 1.29 is 13.9 Å². The second kappa shape index (κ2) is 8.81. The fourth-order valence-corrected chi connectivity index (χ4v) is 3.53. The van der Waals surface area contributed by atoms with Crippen LogP contribution < -0.4 is 15.2 Å². The first kappa shape index (κ1) is 20.9. The molecule has 0 spiro atoms. The maximum atomic E-state index is 13.8. The Morgan fingerprint density at radius 2 is 2.06 bits per heavy atom. The van der Waals surface area contributed by atoms with Crippen molar-refractivity contribution in [2.45, 2.75) is 26.1 Å². The number of morpholine rings is 1. The van der Waals surface area contributed by atoms with E-state index in [-0.39, 0.29) is 23.6 Å². The second-order valence-electron chi connectivity index (χ2n) is 7.59. The lowest BCUT2D eigenvalue weighted by Gasteiger charge is -2.35. The molecule has 0 radical (unpaired) electrons. The number of aromatic nitrogens is 4. The van der Waals surface area contributed by atoms with Gasteiger partial charge in [-0.25, -0.2) is 19.3 Å². The van der Waals surface area contributed by atoms with Gasteiger partial charge in [-0.05, 0) is 32.0 Å². The van der Waals surface area contributed by atoms with Gasteiger partial charge in [0.25, 0.3) is 5.56 Å². The van der Waals surface area contributed by atoms with Crippen LogP contribution in [-0.2, 0) is 11.8 Å². The molecule has 0 bridgehead atoms. The van der Waals surface area contributed by atoms with E-state index in [0.29, 0.717) is 42.8 Å². The van der Waals surface area contributed by atoms with Gasteiger partial charge in [0.2, 0.25) is 5.95 Å². The summed E-state index contributed by atoms with van der Waals surface area (Å²) in [6.07, 6.45) is 2.57. The van der Waals surface area contributed by atoms with Crippen LogP contribution in [0.2, 0.25) is 0 Å². The van der Waals surface area contributed by atoms with Gasteiger partial charge in [0, 0.05) is 37.5 Å². The standard InChI is InChI=1S/C22H24FN5O3/c1-14(2)31-19-10-15(23)4-5-16(19)20-12-28(8-9-30-20)22-26-18(11-21(29)27(22)3)17-6-7-24-13-25-17/h4-7,10-11,13-14,20H,8-9,12H2,1-3H3. The van der Waals surface area contributed by atoms with Crippen LogP contribution in [0.3, 0.4) is 0 Å². The molecule has 2 aromatic heterocycles. The maximum Gasteiger partial charge on any atom is 0.255 e. The van der Waals surface area contributed by atoms with E-state index in [4.69, 9.17) is 14.5 Å². The molecule has 0 aliphatic carbocycles. The Labute approximate surface area is 179 Å². The molecule has 0 amide bonds. The summed E-state index contributed by atoms with van der Waals surface area (Å²) < 4.78 is 27.1. The lowest BCUT2D eigenvalue weighted by molar-refractivity contribution is 0.0363. The van der Waals surface area contributed by atoms with E-state index in [1.54, 1.807) is 25.4 Å². The monoisotopic (exact) mass is 425 g/mol. The molecule has 1 aliphatic rings. The molecule has 1 aromatic carbocycles. The number of nitrogens with zero attached hydrogens (tertiary/aromatic N) is 5. The van der Waals surface area contributed by atoms with Crippen LogP contribution in [-0.4, -0.2) is 45.3 Å². The quantitative estimate of drug-likeness (QED) is 0.622. The number of anilines is 1. The first-order chi connectivity index (χ1) is 14.9. The Kier molecular flexibility index (Phi) is 5.94. The smallest absolute Gasteiger partial charge is 0.255 e. The lowest BCUT2D eigenvalue weighted by atomic mass is 10.1. The Balaban J connectivity index is 1.67. The highest BCUT2D eigenvalue weighted by Gasteiger charge is 2.28. The minimum atomic E-state index is -0.367. The summed E-state index contributed by atoms with van der Waals surface area (Å²) in [6, 6.07) is 7.63. The zero-order chi connectivity index (χ0) is 22.0. The van der Waals surface area contributed by atoms with E-state index < -0.39 is 0 Å². The number of hydrogen-bond donors (Lipinski definition) is 0. The van der Waals surface area contributed by atoms with E-state index >= 15 is 0 Å². The molecule has 1 unspecified atom stereocenters. The highest BCUT2D eigenvalue weighted by atomic mass is 19.1. The zero-order valence-corrected chi connectivity index (χ0v) is 17.7. The SMILES string of the molecule is CC(C)Oc1cc(F)ccc1C1CN(c2nc(-c3ccncn3)cc(=O)n2C)CCO1. The molecule has 0 saturated carbocycles. The summed E-state index contributed by atoms with van der Waals surface area (Å²) >= 11 is 0.